The summed E-state index contributed by atoms with van der Waals surface area (Å²) in [4.78, 5) is 13.4. The smallest absolute Gasteiger partial charge is 0.231 e. The van der Waals surface area contributed by atoms with E-state index in [4.69, 9.17) is 11.6 Å². The molecule has 162 valence electrons. The SMILES string of the molecule is Cn1c(CNC(=O)C2(c3ccc(Cl)cc3)CCCCC2)nnc1SCc1ccccc1. The predicted molar refractivity (Wildman–Crippen MR) is 125 cm³/mol. The molecule has 7 heteroatoms. The molecule has 1 heterocycles. The summed E-state index contributed by atoms with van der Waals surface area (Å²) in [6, 6.07) is 18.0. The molecule has 1 saturated carbocycles. The molecular weight excluding hydrogens is 428 g/mol. The number of carbonyl (C=O) groups excluding carboxylic acids is 1. The van der Waals surface area contributed by atoms with Gasteiger partial charge in [-0.2, -0.15) is 0 Å². The summed E-state index contributed by atoms with van der Waals surface area (Å²) < 4.78 is 1.96. The standard InChI is InChI=1S/C24H27ClN4OS/c1-29-21(27-28-23(29)31-17-18-8-4-2-5-9-18)16-26-22(30)24(14-6-3-7-15-24)19-10-12-20(25)13-11-19/h2,4-5,8-13H,3,6-7,14-17H2,1H3,(H,26,30). The van der Waals surface area contributed by atoms with Gasteiger partial charge in [0.1, 0.15) is 0 Å². The van der Waals surface area contributed by atoms with Crippen LogP contribution in [0, 0.1) is 0 Å². The lowest BCUT2D eigenvalue weighted by molar-refractivity contribution is -0.128. The highest BCUT2D eigenvalue weighted by molar-refractivity contribution is 7.98. The highest BCUT2D eigenvalue weighted by Crippen LogP contribution is 2.40. The fourth-order valence-corrected chi connectivity index (χ4v) is 5.26. The predicted octanol–water partition coefficient (Wildman–Crippen LogP) is 5.28. The lowest BCUT2D eigenvalue weighted by Gasteiger charge is -2.36. The molecule has 1 aromatic heterocycles. The van der Waals surface area contributed by atoms with Crippen molar-refractivity contribution in [1.82, 2.24) is 20.1 Å². The maximum Gasteiger partial charge on any atom is 0.231 e. The van der Waals surface area contributed by atoms with E-state index in [9.17, 15) is 4.79 Å². The van der Waals surface area contributed by atoms with E-state index in [0.29, 0.717) is 11.6 Å². The summed E-state index contributed by atoms with van der Waals surface area (Å²) in [6.45, 7) is 0.365. The number of amides is 1. The molecule has 1 fully saturated rings. The molecule has 0 saturated heterocycles. The van der Waals surface area contributed by atoms with Crippen LogP contribution in [-0.2, 0) is 29.6 Å². The van der Waals surface area contributed by atoms with Crippen molar-refractivity contribution in [2.75, 3.05) is 0 Å². The van der Waals surface area contributed by atoms with Crippen LogP contribution >= 0.6 is 23.4 Å². The summed E-state index contributed by atoms with van der Waals surface area (Å²) in [7, 11) is 1.95. The van der Waals surface area contributed by atoms with Gasteiger partial charge in [0.15, 0.2) is 11.0 Å². The lowest BCUT2D eigenvalue weighted by Crippen LogP contribution is -2.45. The first-order valence-corrected chi connectivity index (χ1v) is 12.0. The fraction of sp³-hybridized carbons (Fsp3) is 0.375. The number of hydrogen-bond acceptors (Lipinski definition) is 4. The van der Waals surface area contributed by atoms with E-state index in [0.717, 1.165) is 48.0 Å². The molecule has 5 nitrogen and oxygen atoms in total. The maximum atomic E-state index is 13.4. The molecule has 31 heavy (non-hydrogen) atoms. The molecule has 2 aromatic carbocycles. The molecule has 1 amide bonds. The van der Waals surface area contributed by atoms with Crippen molar-refractivity contribution in [1.29, 1.82) is 0 Å². The Hall–Kier alpha value is -2.31. The van der Waals surface area contributed by atoms with Crippen molar-refractivity contribution < 1.29 is 4.79 Å². The zero-order valence-electron chi connectivity index (χ0n) is 17.7. The van der Waals surface area contributed by atoms with Crippen molar-refractivity contribution in [2.24, 2.45) is 7.05 Å². The van der Waals surface area contributed by atoms with Crippen LogP contribution in [0.1, 0.15) is 49.1 Å². The molecule has 0 aliphatic heterocycles. The quantitative estimate of drug-likeness (QED) is 0.493. The molecule has 4 rings (SSSR count). The third kappa shape index (κ3) is 4.96. The summed E-state index contributed by atoms with van der Waals surface area (Å²) in [5, 5.41) is 13.3. The molecule has 0 spiro atoms. The van der Waals surface area contributed by atoms with Crippen molar-refractivity contribution in [3.63, 3.8) is 0 Å². The number of aromatic nitrogens is 3. The minimum atomic E-state index is -0.494. The highest BCUT2D eigenvalue weighted by atomic mass is 35.5. The van der Waals surface area contributed by atoms with Crippen LogP contribution in [0.2, 0.25) is 5.02 Å². The Bertz CT molecular complexity index is 1010. The second-order valence-corrected chi connectivity index (χ2v) is 9.44. The van der Waals surface area contributed by atoms with E-state index in [1.165, 1.54) is 12.0 Å². The molecule has 0 atom stereocenters. The van der Waals surface area contributed by atoms with Gasteiger partial charge in [-0.3, -0.25) is 4.79 Å². The molecule has 1 N–H and O–H groups in total. The van der Waals surface area contributed by atoms with Gasteiger partial charge in [-0.1, -0.05) is 85.1 Å². The Morgan fingerprint density at radius 1 is 1.06 bits per heavy atom. The molecule has 1 aliphatic carbocycles. The molecule has 1 aliphatic rings. The van der Waals surface area contributed by atoms with Crippen LogP contribution in [0.5, 0.6) is 0 Å². The minimum absolute atomic E-state index is 0.0658. The summed E-state index contributed by atoms with van der Waals surface area (Å²) in [6.07, 6.45) is 5.00. The van der Waals surface area contributed by atoms with Gasteiger partial charge in [0.05, 0.1) is 12.0 Å². The molecule has 0 unspecified atom stereocenters. The second kappa shape index (κ2) is 9.88. The van der Waals surface area contributed by atoms with Crippen molar-refractivity contribution in [3.05, 3.63) is 76.6 Å². The van der Waals surface area contributed by atoms with E-state index in [-0.39, 0.29) is 5.91 Å². The average molecular weight is 455 g/mol. The van der Waals surface area contributed by atoms with Gasteiger partial charge in [0.25, 0.3) is 0 Å². The van der Waals surface area contributed by atoms with Crippen molar-refractivity contribution in [2.45, 2.75) is 55.0 Å². The van der Waals surface area contributed by atoms with E-state index in [2.05, 4.69) is 27.6 Å². The minimum Gasteiger partial charge on any atom is -0.348 e. The van der Waals surface area contributed by atoms with Crippen molar-refractivity contribution in [3.8, 4) is 0 Å². The highest BCUT2D eigenvalue weighted by Gasteiger charge is 2.41. The maximum absolute atomic E-state index is 13.4. The molecule has 0 radical (unpaired) electrons. The number of thioether (sulfide) groups is 1. The number of benzene rings is 2. The van der Waals surface area contributed by atoms with Crippen LogP contribution in [0.3, 0.4) is 0 Å². The first-order valence-electron chi connectivity index (χ1n) is 10.7. The Morgan fingerprint density at radius 3 is 2.48 bits per heavy atom. The largest absolute Gasteiger partial charge is 0.348 e. The summed E-state index contributed by atoms with van der Waals surface area (Å²) in [5.74, 6) is 1.65. The van der Waals surface area contributed by atoms with E-state index in [1.54, 1.807) is 11.8 Å². The average Bonchev–Trinajstić information content (AvgIpc) is 3.17. The molecule has 0 bridgehead atoms. The van der Waals surface area contributed by atoms with Gasteiger partial charge in [0, 0.05) is 17.8 Å². The number of rotatable bonds is 7. The van der Waals surface area contributed by atoms with Gasteiger partial charge in [0.2, 0.25) is 5.91 Å². The third-order valence-corrected chi connectivity index (χ3v) is 7.42. The molecule has 3 aromatic rings. The van der Waals surface area contributed by atoms with E-state index < -0.39 is 5.41 Å². The van der Waals surface area contributed by atoms with Crippen molar-refractivity contribution >= 4 is 29.3 Å². The number of halogens is 1. The first kappa shape index (κ1) is 21.9. The van der Waals surface area contributed by atoms with Gasteiger partial charge >= 0.3 is 0 Å². The van der Waals surface area contributed by atoms with Crippen LogP contribution in [0.4, 0.5) is 0 Å². The Labute approximate surface area is 192 Å². The molecular formula is C24H27ClN4OS. The Kier molecular flexibility index (Phi) is 6.98. The number of hydrogen-bond donors (Lipinski definition) is 1. The third-order valence-electron chi connectivity index (χ3n) is 6.08. The summed E-state index contributed by atoms with van der Waals surface area (Å²) in [5.41, 5.74) is 1.80. The van der Waals surface area contributed by atoms with E-state index >= 15 is 0 Å². The lowest BCUT2D eigenvalue weighted by atomic mass is 9.68. The van der Waals surface area contributed by atoms with Gasteiger partial charge in [-0.15, -0.1) is 10.2 Å². The second-order valence-electron chi connectivity index (χ2n) is 8.06. The monoisotopic (exact) mass is 454 g/mol. The first-order chi connectivity index (χ1) is 15.1. The van der Waals surface area contributed by atoms with Crippen LogP contribution < -0.4 is 5.32 Å². The van der Waals surface area contributed by atoms with Gasteiger partial charge < -0.3 is 9.88 Å². The Balaban J connectivity index is 1.43. The van der Waals surface area contributed by atoms with Gasteiger partial charge in [-0.25, -0.2) is 0 Å². The normalized spacial score (nSPS) is 15.5. The number of carbonyl (C=O) groups is 1. The number of nitrogens with one attached hydrogen (secondary N) is 1. The number of nitrogens with zero attached hydrogens (tertiary/aromatic N) is 3. The topological polar surface area (TPSA) is 59.8 Å². The fourth-order valence-electron chi connectivity index (χ4n) is 4.25. The van der Waals surface area contributed by atoms with Gasteiger partial charge in [-0.05, 0) is 36.1 Å². The zero-order valence-corrected chi connectivity index (χ0v) is 19.3. The van der Waals surface area contributed by atoms with Crippen LogP contribution in [0.25, 0.3) is 0 Å². The van der Waals surface area contributed by atoms with E-state index in [1.807, 2.05) is 54.1 Å². The zero-order chi connectivity index (χ0) is 21.7. The van der Waals surface area contributed by atoms with Crippen LogP contribution in [0.15, 0.2) is 59.8 Å². The Morgan fingerprint density at radius 2 is 1.77 bits per heavy atom. The van der Waals surface area contributed by atoms with Crippen LogP contribution in [-0.4, -0.2) is 20.7 Å². The summed E-state index contributed by atoms with van der Waals surface area (Å²) >= 11 is 7.73.